The second-order valence-electron chi connectivity index (χ2n) is 14.5. The van der Waals surface area contributed by atoms with Gasteiger partial charge < -0.3 is 28.7 Å². The first-order chi connectivity index (χ1) is 23.8. The van der Waals surface area contributed by atoms with Crippen molar-refractivity contribution >= 4 is 43.2 Å². The predicted octanol–water partition coefficient (Wildman–Crippen LogP) is 5.38. The maximum absolute atomic E-state index is 16.5. The highest BCUT2D eigenvalue weighted by Crippen LogP contribution is 2.60. The Balaban J connectivity index is 1.25. The van der Waals surface area contributed by atoms with Gasteiger partial charge in [0.15, 0.2) is 5.60 Å². The Morgan fingerprint density at radius 3 is 2.54 bits per heavy atom. The van der Waals surface area contributed by atoms with Crippen LogP contribution in [0.5, 0.6) is 0 Å². The molecule has 7 rings (SSSR count). The van der Waals surface area contributed by atoms with Gasteiger partial charge in [0.25, 0.3) is 11.6 Å². The van der Waals surface area contributed by atoms with Crippen molar-refractivity contribution in [3.63, 3.8) is 0 Å². The summed E-state index contributed by atoms with van der Waals surface area (Å²) < 4.78 is 23.2. The molecule has 1 N–H and O–H groups in total. The van der Waals surface area contributed by atoms with Gasteiger partial charge in [-0.15, -0.1) is 0 Å². The van der Waals surface area contributed by atoms with Crippen LogP contribution in [-0.2, 0) is 44.2 Å². The summed E-state index contributed by atoms with van der Waals surface area (Å²) in [5.74, 6) is -1.50. The van der Waals surface area contributed by atoms with Gasteiger partial charge in [0.05, 0.1) is 42.3 Å². The van der Waals surface area contributed by atoms with Crippen LogP contribution in [-0.4, -0.2) is 66.4 Å². The molecule has 0 bridgehead atoms. The molecule has 0 aliphatic carbocycles. The van der Waals surface area contributed by atoms with Crippen molar-refractivity contribution in [2.45, 2.75) is 82.1 Å². The second-order valence-corrected chi connectivity index (χ2v) is 18.3. The zero-order valence-electron chi connectivity index (χ0n) is 28.4. The molecule has 3 amide bonds. The van der Waals surface area contributed by atoms with E-state index in [1.54, 1.807) is 29.8 Å². The summed E-state index contributed by atoms with van der Waals surface area (Å²) in [5.41, 5.74) is 1.42. The summed E-state index contributed by atoms with van der Waals surface area (Å²) >= 11 is 0. The number of hydrogen-bond acceptors (Lipinski definition) is 7. The van der Waals surface area contributed by atoms with Gasteiger partial charge in [0.2, 0.25) is 20.2 Å². The number of nitro groups is 1. The number of benzene rings is 3. The van der Waals surface area contributed by atoms with Gasteiger partial charge in [-0.3, -0.25) is 24.5 Å². The van der Waals surface area contributed by atoms with Crippen molar-refractivity contribution < 1.29 is 33.3 Å². The number of carbonyl (C=O) groups excluding carboxylic acids is 3. The Labute approximate surface area is 291 Å². The van der Waals surface area contributed by atoms with E-state index in [-0.39, 0.29) is 42.6 Å². The molecule has 3 aromatic carbocycles. The molecular formula is C37H41FN4O7Si. The normalized spacial score (nSPS) is 26.1. The molecule has 50 heavy (non-hydrogen) atoms. The highest BCUT2D eigenvalue weighted by atomic mass is 28.4. The Morgan fingerprint density at radius 1 is 1.10 bits per heavy atom. The minimum Gasteiger partial charge on any atom is -0.394 e. The van der Waals surface area contributed by atoms with Crippen molar-refractivity contribution in [2.75, 3.05) is 23.0 Å². The largest absolute Gasteiger partial charge is 0.394 e. The van der Waals surface area contributed by atoms with Crippen molar-refractivity contribution in [3.8, 4) is 0 Å². The molecule has 4 aliphatic heterocycles. The van der Waals surface area contributed by atoms with Crippen molar-refractivity contribution in [1.29, 1.82) is 0 Å². The average molecular weight is 701 g/mol. The lowest BCUT2D eigenvalue weighted by molar-refractivity contribution is -0.385. The van der Waals surface area contributed by atoms with Gasteiger partial charge in [0.1, 0.15) is 0 Å². The van der Waals surface area contributed by atoms with Crippen LogP contribution < -0.4 is 9.80 Å². The SMILES string of the molecule is C[C@H]1[C@H]([Si](C)(C)F)[C@@H](CC(=O)N2Cc3ccccc3C[C@H]2CO)O[C@]12C(=O)N(Cc1cccc(N3CCCC3=O)c1)c1ccc([N+](=O)[O-])cc12. The summed E-state index contributed by atoms with van der Waals surface area (Å²) in [5, 5.41) is 22.2. The number of hydrogen-bond donors (Lipinski definition) is 1. The van der Waals surface area contributed by atoms with Gasteiger partial charge in [-0.2, -0.15) is 0 Å². The highest BCUT2D eigenvalue weighted by molar-refractivity contribution is 6.72. The van der Waals surface area contributed by atoms with Crippen LogP contribution in [0.25, 0.3) is 0 Å². The van der Waals surface area contributed by atoms with E-state index in [4.69, 9.17) is 4.74 Å². The van der Waals surface area contributed by atoms with E-state index >= 15 is 4.11 Å². The minimum absolute atomic E-state index is 0.0351. The number of nitrogens with zero attached hydrogens (tertiary/aromatic N) is 4. The standard InChI is InChI=1S/C37H41FN4O7Si/c1-23-35(50(2,3)38)32(19-34(45)40-21-26-10-5-4-9-25(26)17-29(40)22-43)49-37(23)30-18-28(42(47)48)13-14-31(30)41(36(37)46)20-24-8-6-11-27(16-24)39-15-7-12-33(39)44/h4-6,8-11,13-14,16,18,23,29,32,35,43H,7,12,15,17,19-22H2,1-3H3/t23-,29-,32+,35-,37+/m0/s1. The lowest BCUT2D eigenvalue weighted by Gasteiger charge is -2.37. The van der Waals surface area contributed by atoms with Gasteiger partial charge in [-0.1, -0.05) is 43.3 Å². The van der Waals surface area contributed by atoms with E-state index in [0.717, 1.165) is 28.8 Å². The fourth-order valence-electron chi connectivity index (χ4n) is 8.76. The fourth-order valence-corrected chi connectivity index (χ4v) is 11.3. The number of anilines is 2. The quantitative estimate of drug-likeness (QED) is 0.144. The van der Waals surface area contributed by atoms with E-state index < -0.39 is 48.4 Å². The number of aliphatic hydroxyl groups excluding tert-OH is 1. The van der Waals surface area contributed by atoms with Gasteiger partial charge in [0, 0.05) is 54.4 Å². The third-order valence-electron chi connectivity index (χ3n) is 11.1. The van der Waals surface area contributed by atoms with E-state index in [9.17, 15) is 29.6 Å². The van der Waals surface area contributed by atoms with E-state index in [2.05, 4.69) is 0 Å². The third kappa shape index (κ3) is 5.61. The molecule has 0 saturated carbocycles. The molecule has 262 valence electrons. The maximum atomic E-state index is 16.5. The number of amides is 3. The molecule has 2 fully saturated rings. The zero-order chi connectivity index (χ0) is 35.5. The number of rotatable bonds is 8. The Hall–Kier alpha value is -4.46. The van der Waals surface area contributed by atoms with Crippen LogP contribution in [0.3, 0.4) is 0 Å². The zero-order valence-corrected chi connectivity index (χ0v) is 29.4. The molecule has 4 heterocycles. The first kappa shape index (κ1) is 34.0. The number of non-ortho nitro benzene ring substituents is 1. The molecule has 4 aliphatic rings. The number of halogens is 1. The summed E-state index contributed by atoms with van der Waals surface area (Å²) in [7, 11) is -3.64. The lowest BCUT2D eigenvalue weighted by atomic mass is 9.82. The summed E-state index contributed by atoms with van der Waals surface area (Å²) in [4.78, 5) is 57.7. The number of ether oxygens (including phenoxy) is 1. The average Bonchev–Trinajstić information content (AvgIpc) is 3.72. The van der Waals surface area contributed by atoms with Crippen LogP contribution in [0, 0.1) is 16.0 Å². The first-order valence-corrected chi connectivity index (χ1v) is 20.1. The number of aliphatic hydroxyl groups is 1. The summed E-state index contributed by atoms with van der Waals surface area (Å²) in [6.07, 6.45) is 0.529. The Kier molecular flexibility index (Phi) is 8.64. The number of fused-ring (bicyclic) bond motifs is 3. The van der Waals surface area contributed by atoms with Crippen LogP contribution in [0.4, 0.5) is 21.2 Å². The molecule has 0 unspecified atom stereocenters. The second kappa shape index (κ2) is 12.7. The number of carbonyl (C=O) groups is 3. The maximum Gasteiger partial charge on any atom is 0.269 e. The van der Waals surface area contributed by atoms with Crippen molar-refractivity contribution in [2.24, 2.45) is 5.92 Å². The van der Waals surface area contributed by atoms with E-state index in [0.29, 0.717) is 31.6 Å². The van der Waals surface area contributed by atoms with Gasteiger partial charge in [-0.25, -0.2) is 0 Å². The Morgan fingerprint density at radius 2 is 1.86 bits per heavy atom. The van der Waals surface area contributed by atoms with Crippen LogP contribution >= 0.6 is 0 Å². The molecule has 0 radical (unpaired) electrons. The van der Waals surface area contributed by atoms with Crippen molar-refractivity contribution in [1.82, 2.24) is 4.90 Å². The molecular weight excluding hydrogens is 660 g/mol. The summed E-state index contributed by atoms with van der Waals surface area (Å²) in [6.45, 7) is 5.58. The molecule has 3 aromatic rings. The molecule has 0 aromatic heterocycles. The lowest BCUT2D eigenvalue weighted by Crippen LogP contribution is -2.48. The van der Waals surface area contributed by atoms with Crippen LogP contribution in [0.15, 0.2) is 66.7 Å². The van der Waals surface area contributed by atoms with Gasteiger partial charge in [-0.05, 0) is 60.8 Å². The number of nitro benzene ring substituents is 1. The first-order valence-electron chi connectivity index (χ1n) is 17.2. The fraction of sp³-hybridized carbons (Fsp3) is 0.432. The van der Waals surface area contributed by atoms with E-state index in [1.807, 2.05) is 48.5 Å². The molecule has 5 atom stereocenters. The molecule has 13 heteroatoms. The topological polar surface area (TPSA) is 134 Å². The minimum atomic E-state index is -3.64. The van der Waals surface area contributed by atoms with Gasteiger partial charge >= 0.3 is 0 Å². The monoisotopic (exact) mass is 700 g/mol. The van der Waals surface area contributed by atoms with Crippen LogP contribution in [0.1, 0.15) is 48.4 Å². The molecule has 1 spiro atoms. The smallest absolute Gasteiger partial charge is 0.269 e. The van der Waals surface area contributed by atoms with Crippen LogP contribution in [0.2, 0.25) is 18.6 Å². The highest BCUT2D eigenvalue weighted by Gasteiger charge is 2.67. The van der Waals surface area contributed by atoms with Crippen molar-refractivity contribution in [3.05, 3.63) is 99.1 Å². The third-order valence-corrected chi connectivity index (χ3v) is 13.5. The summed E-state index contributed by atoms with van der Waals surface area (Å²) in [6, 6.07) is 18.9. The molecule has 11 nitrogen and oxygen atoms in total. The predicted molar refractivity (Wildman–Crippen MR) is 187 cm³/mol. The Bertz CT molecular complexity index is 1880. The van der Waals surface area contributed by atoms with E-state index in [1.165, 1.54) is 23.1 Å². The molecule has 2 saturated heterocycles.